The third-order valence-corrected chi connectivity index (χ3v) is 18.7. The van der Waals surface area contributed by atoms with Crippen LogP contribution in [0.5, 0.6) is 0 Å². The highest BCUT2D eigenvalue weighted by Gasteiger charge is 2.26. The molecule has 11 aromatic rings. The van der Waals surface area contributed by atoms with E-state index >= 15 is 0 Å². The molecule has 63 heavy (non-hydrogen) atoms. The smallest absolute Gasteiger partial charge is 0.102 e. The van der Waals surface area contributed by atoms with Crippen molar-refractivity contribution in [2.45, 2.75) is 9.79 Å². The lowest BCUT2D eigenvalue weighted by atomic mass is 9.89. The van der Waals surface area contributed by atoms with E-state index in [0.717, 1.165) is 36.8 Å². The molecule has 4 aromatic heterocycles. The van der Waals surface area contributed by atoms with Crippen LogP contribution in [0.4, 0.5) is 27.1 Å². The fraction of sp³-hybridized carbons (Fsp3) is 0. The van der Waals surface area contributed by atoms with Crippen LogP contribution in [0.3, 0.4) is 0 Å². The Morgan fingerprint density at radius 3 is 1.81 bits per heavy atom. The predicted octanol–water partition coefficient (Wildman–Crippen LogP) is 18.9. The lowest BCUT2D eigenvalue weighted by Crippen LogP contribution is -2.06. The first-order valence-electron chi connectivity index (χ1n) is 20.3. The summed E-state index contributed by atoms with van der Waals surface area (Å²) < 4.78 is 7.41. The van der Waals surface area contributed by atoms with Gasteiger partial charge >= 0.3 is 0 Å². The van der Waals surface area contributed by atoms with Gasteiger partial charge in [0.15, 0.2) is 0 Å². The standard InChI is InChI=1S/C54H37N3S6/c1-4-7-8-15-31-56(36-23-13-10-14-24-36)48-33-46-52(61-48)54(44(6-3)59-46)63-57(62-53-43(5-2)58-45-32-47(60-51(45)53)55-35-21-11-9-12-22-35)42-30-29-40-38-26-17-20-34-19-16-25-37(49(34)38)39-27-18-28-41(42)50(39)40/h4-33,55H,1-3H2/b8-7-,31-15-. The van der Waals surface area contributed by atoms with E-state index in [4.69, 9.17) is 0 Å². The summed E-state index contributed by atoms with van der Waals surface area (Å²) in [5.74, 6) is 0. The van der Waals surface area contributed by atoms with Crippen molar-refractivity contribution in [1.29, 1.82) is 0 Å². The van der Waals surface area contributed by atoms with E-state index < -0.39 is 0 Å². The van der Waals surface area contributed by atoms with Crippen LogP contribution in [-0.2, 0) is 0 Å². The summed E-state index contributed by atoms with van der Waals surface area (Å²) >= 11 is 10.8. The van der Waals surface area contributed by atoms with Crippen molar-refractivity contribution >= 4 is 170 Å². The largest absolute Gasteiger partial charge is 0.347 e. The van der Waals surface area contributed by atoms with Gasteiger partial charge in [0.25, 0.3) is 0 Å². The fourth-order valence-electron chi connectivity index (χ4n) is 8.27. The second kappa shape index (κ2) is 16.9. The molecule has 304 valence electrons. The van der Waals surface area contributed by atoms with Crippen molar-refractivity contribution in [2.24, 2.45) is 0 Å². The Balaban J connectivity index is 1.09. The van der Waals surface area contributed by atoms with Gasteiger partial charge in [-0.3, -0.25) is 0 Å². The average molecular weight is 920 g/mol. The van der Waals surface area contributed by atoms with Gasteiger partial charge in [-0.2, -0.15) is 0 Å². The molecule has 0 saturated heterocycles. The molecule has 1 N–H and O–H groups in total. The summed E-state index contributed by atoms with van der Waals surface area (Å²) in [5.41, 5.74) is 3.31. The number of nitrogens with one attached hydrogen (secondary N) is 1. The van der Waals surface area contributed by atoms with Gasteiger partial charge in [0.2, 0.25) is 0 Å². The van der Waals surface area contributed by atoms with Crippen LogP contribution in [0.2, 0.25) is 0 Å². The molecule has 0 fully saturated rings. The Kier molecular flexibility index (Phi) is 10.7. The first-order chi connectivity index (χ1) is 31.1. The maximum atomic E-state index is 4.34. The predicted molar refractivity (Wildman–Crippen MR) is 288 cm³/mol. The Morgan fingerprint density at radius 2 is 1.13 bits per heavy atom. The molecule has 3 nitrogen and oxygen atoms in total. The van der Waals surface area contributed by atoms with Crippen molar-refractivity contribution in [3.05, 3.63) is 200 Å². The molecule has 11 rings (SSSR count). The average Bonchev–Trinajstić information content (AvgIpc) is 4.08. The first-order valence-corrected chi connectivity index (χ1v) is 25.2. The molecule has 0 unspecified atom stereocenters. The van der Waals surface area contributed by atoms with E-state index in [9.17, 15) is 0 Å². The van der Waals surface area contributed by atoms with E-state index in [1.165, 1.54) is 71.7 Å². The van der Waals surface area contributed by atoms with Crippen LogP contribution in [0.25, 0.3) is 74.0 Å². The zero-order valence-electron chi connectivity index (χ0n) is 33.8. The van der Waals surface area contributed by atoms with Crippen LogP contribution >= 0.6 is 69.2 Å². The molecule has 0 radical (unpaired) electrons. The molecule has 0 aliphatic heterocycles. The normalized spacial score (nSPS) is 12.0. The highest BCUT2D eigenvalue weighted by Crippen LogP contribution is 2.55. The van der Waals surface area contributed by atoms with Crippen molar-refractivity contribution in [3.8, 4) is 0 Å². The van der Waals surface area contributed by atoms with Crippen LogP contribution in [0.1, 0.15) is 9.75 Å². The second-order valence-corrected chi connectivity index (χ2v) is 21.1. The fourth-order valence-corrected chi connectivity index (χ4v) is 16.0. The van der Waals surface area contributed by atoms with E-state index in [-0.39, 0.29) is 0 Å². The maximum absolute atomic E-state index is 4.34. The first kappa shape index (κ1) is 39.8. The lowest BCUT2D eigenvalue weighted by Gasteiger charge is -2.25. The number of allylic oxidation sites excluding steroid dienone is 4. The maximum Gasteiger partial charge on any atom is 0.102 e. The molecule has 0 bridgehead atoms. The van der Waals surface area contributed by atoms with Crippen molar-refractivity contribution in [2.75, 3.05) is 13.9 Å². The number of anilines is 5. The van der Waals surface area contributed by atoms with Gasteiger partial charge in [-0.05, 0) is 86.2 Å². The molecular formula is C54H37N3S6. The lowest BCUT2D eigenvalue weighted by molar-refractivity contribution is 1.32. The molecule has 0 aliphatic rings. The number of nitrogens with zero attached hydrogens (tertiary/aromatic N) is 2. The highest BCUT2D eigenvalue weighted by molar-refractivity contribution is 8.18. The summed E-state index contributed by atoms with van der Waals surface area (Å²) in [5, 5.41) is 16.1. The Hall–Kier alpha value is -6.04. The quantitative estimate of drug-likeness (QED) is 0.0505. The third kappa shape index (κ3) is 7.15. The van der Waals surface area contributed by atoms with Gasteiger partial charge < -0.3 is 10.2 Å². The summed E-state index contributed by atoms with van der Waals surface area (Å²) in [6.45, 7) is 12.5. The van der Waals surface area contributed by atoms with E-state index in [2.05, 4.69) is 179 Å². The van der Waals surface area contributed by atoms with Crippen molar-refractivity contribution in [1.82, 2.24) is 0 Å². The number of thiophene rings is 4. The topological polar surface area (TPSA) is 18.5 Å². The molecule has 0 amide bonds. The zero-order valence-corrected chi connectivity index (χ0v) is 38.7. The van der Waals surface area contributed by atoms with E-state index in [1.807, 2.05) is 41.7 Å². The number of hydrogen-bond donors (Lipinski definition) is 1. The Labute approximate surface area is 390 Å². The molecule has 0 aliphatic carbocycles. The van der Waals surface area contributed by atoms with Gasteiger partial charge in [-0.1, -0.05) is 147 Å². The number of rotatable bonds is 14. The second-order valence-electron chi connectivity index (χ2n) is 14.7. The van der Waals surface area contributed by atoms with Crippen LogP contribution in [-0.4, -0.2) is 0 Å². The molecule has 9 heteroatoms. The van der Waals surface area contributed by atoms with Crippen molar-refractivity contribution in [3.63, 3.8) is 0 Å². The summed E-state index contributed by atoms with van der Waals surface area (Å²) in [4.78, 5) is 6.97. The highest BCUT2D eigenvalue weighted by atomic mass is 32.2. The van der Waals surface area contributed by atoms with Gasteiger partial charge in [0, 0.05) is 66.0 Å². The molecule has 0 spiro atoms. The van der Waals surface area contributed by atoms with Crippen LogP contribution < -0.4 is 13.9 Å². The minimum Gasteiger partial charge on any atom is -0.347 e. The zero-order chi connectivity index (χ0) is 42.4. The number of para-hydroxylation sites is 2. The van der Waals surface area contributed by atoms with Crippen molar-refractivity contribution < 1.29 is 0 Å². The van der Waals surface area contributed by atoms with Gasteiger partial charge in [0.1, 0.15) is 5.00 Å². The van der Waals surface area contributed by atoms with Crippen LogP contribution in [0.15, 0.2) is 200 Å². The Morgan fingerprint density at radius 1 is 0.524 bits per heavy atom. The number of fused-ring (bicyclic) bond motifs is 4. The van der Waals surface area contributed by atoms with E-state index in [1.54, 1.807) is 64.0 Å². The molecule has 0 atom stereocenters. The summed E-state index contributed by atoms with van der Waals surface area (Å²) in [7, 11) is 0. The van der Waals surface area contributed by atoms with Gasteiger partial charge in [-0.25, -0.2) is 3.71 Å². The minimum atomic E-state index is 1.08. The number of hydrogen-bond acceptors (Lipinski definition) is 9. The third-order valence-electron chi connectivity index (χ3n) is 11.0. The summed E-state index contributed by atoms with van der Waals surface area (Å²) in [6.07, 6.45) is 14.0. The molecule has 0 saturated carbocycles. The van der Waals surface area contributed by atoms with Gasteiger partial charge in [-0.15, -0.1) is 45.3 Å². The summed E-state index contributed by atoms with van der Waals surface area (Å²) in [6, 6.07) is 50.4. The molecule has 4 heterocycles. The van der Waals surface area contributed by atoms with E-state index in [0.29, 0.717) is 0 Å². The number of benzene rings is 7. The van der Waals surface area contributed by atoms with Crippen LogP contribution in [0, 0.1) is 0 Å². The molecular weight excluding hydrogens is 883 g/mol. The SMILES string of the molecule is C=C/C=C\C=C/N(c1ccccc1)c1cc2sc(C=C)c(SN(Sc3c(C=C)sc4cc(Nc5ccccc5)sc34)c3ccc4c5cccc6cccc(c7cccc3c74)c65)c2s1. The van der Waals surface area contributed by atoms with Gasteiger partial charge in [0.05, 0.1) is 29.9 Å². The minimum absolute atomic E-state index is 1.08. The molecule has 7 aromatic carbocycles. The Bertz CT molecular complexity index is 3520. The monoisotopic (exact) mass is 919 g/mol.